The number of rotatable bonds is 6. The molecule has 74 heavy (non-hydrogen) atoms. The molecule has 342 valence electrons. The van der Waals surface area contributed by atoms with Crippen LogP contribution in [0, 0.1) is 5.92 Å². The molecule has 4 aliphatic carbocycles. The van der Waals surface area contributed by atoms with E-state index in [0.29, 0.717) is 5.82 Å². The van der Waals surface area contributed by atoms with Crippen LogP contribution in [0.1, 0.15) is 22.6 Å². The van der Waals surface area contributed by atoms with Crippen molar-refractivity contribution < 1.29 is 0 Å². The maximum Gasteiger partial charge on any atom is 0.160 e. The third-order valence-corrected chi connectivity index (χ3v) is 16.1. The minimum Gasteiger partial charge on any atom is -0.256 e. The molecule has 0 radical (unpaired) electrons. The second-order valence-corrected chi connectivity index (χ2v) is 20.0. The predicted octanol–water partition coefficient (Wildman–Crippen LogP) is 17.6. The molecular weight excluding hydrogens is 897 g/mol. The van der Waals surface area contributed by atoms with Gasteiger partial charge in [0.1, 0.15) is 0 Å². The van der Waals surface area contributed by atoms with E-state index in [1.807, 2.05) is 24.5 Å². The second kappa shape index (κ2) is 15.9. The maximum absolute atomic E-state index is 5.72. The Balaban J connectivity index is 0.924. The molecule has 4 heteroatoms. The smallest absolute Gasteiger partial charge is 0.160 e. The lowest BCUT2D eigenvalue weighted by atomic mass is 9.72. The Bertz CT molecular complexity index is 4510. The first kappa shape index (κ1) is 41.0. The van der Waals surface area contributed by atoms with Gasteiger partial charge in [0.15, 0.2) is 5.82 Å². The predicted molar refractivity (Wildman–Crippen MR) is 305 cm³/mol. The van der Waals surface area contributed by atoms with Crippen LogP contribution < -0.4 is 0 Å². The molecule has 3 aromatic heterocycles. The Morgan fingerprint density at radius 2 is 0.973 bits per heavy atom. The fraction of sp³-hybridized carbons (Fsp3) is 0.0286. The number of benzene rings is 9. The Hall–Kier alpha value is -9.64. The summed E-state index contributed by atoms with van der Waals surface area (Å²) in [5.41, 5.74) is 25.5. The minimum absolute atomic E-state index is 0.00680. The molecule has 9 aromatic carbocycles. The fourth-order valence-electron chi connectivity index (χ4n) is 12.6. The average molecular weight is 939 g/mol. The van der Waals surface area contributed by atoms with Gasteiger partial charge < -0.3 is 0 Å². The first-order valence-corrected chi connectivity index (χ1v) is 25.5. The van der Waals surface area contributed by atoms with Crippen LogP contribution in [0.5, 0.6) is 0 Å². The molecule has 0 spiro atoms. The summed E-state index contributed by atoms with van der Waals surface area (Å²) in [6.07, 6.45) is 15.8. The minimum atomic E-state index is -0.00680. The Morgan fingerprint density at radius 1 is 0.378 bits per heavy atom. The van der Waals surface area contributed by atoms with Crippen LogP contribution in [0.15, 0.2) is 249 Å². The molecule has 0 aliphatic heterocycles. The van der Waals surface area contributed by atoms with E-state index in [-0.39, 0.29) is 11.8 Å². The Kier molecular flexibility index (Phi) is 8.83. The van der Waals surface area contributed by atoms with E-state index in [1.54, 1.807) is 0 Å². The van der Waals surface area contributed by atoms with Gasteiger partial charge in [-0.15, -0.1) is 0 Å². The molecule has 0 amide bonds. The van der Waals surface area contributed by atoms with Crippen molar-refractivity contribution in [2.75, 3.05) is 0 Å². The van der Waals surface area contributed by atoms with Crippen LogP contribution in [0.3, 0.4) is 0 Å². The summed E-state index contributed by atoms with van der Waals surface area (Å²) in [7, 11) is 0. The Morgan fingerprint density at radius 3 is 1.69 bits per heavy atom. The van der Waals surface area contributed by atoms with Gasteiger partial charge in [-0.3, -0.25) is 9.97 Å². The van der Waals surface area contributed by atoms with Gasteiger partial charge in [-0.2, -0.15) is 0 Å². The quantitative estimate of drug-likeness (QED) is 0.167. The molecular formula is C70H42N4. The number of allylic oxidation sites excluding steroid dienone is 8. The van der Waals surface area contributed by atoms with E-state index < -0.39 is 0 Å². The molecule has 0 bridgehead atoms. The van der Waals surface area contributed by atoms with Crippen molar-refractivity contribution in [1.82, 2.24) is 19.9 Å². The van der Waals surface area contributed by atoms with Crippen LogP contribution in [-0.2, 0) is 0 Å². The molecule has 0 N–H and O–H groups in total. The first-order chi connectivity index (χ1) is 36.7. The molecule has 4 nitrogen and oxygen atoms in total. The lowest BCUT2D eigenvalue weighted by Gasteiger charge is -2.31. The van der Waals surface area contributed by atoms with Crippen molar-refractivity contribution in [3.8, 4) is 78.3 Å². The van der Waals surface area contributed by atoms with Gasteiger partial charge in [-0.25, -0.2) is 9.97 Å². The molecule has 0 saturated carbocycles. The highest BCUT2D eigenvalue weighted by Gasteiger charge is 2.38. The summed E-state index contributed by atoms with van der Waals surface area (Å²) in [5, 5.41) is 5.80. The lowest BCUT2D eigenvalue weighted by molar-refractivity contribution is 0.683. The van der Waals surface area contributed by atoms with Crippen molar-refractivity contribution in [2.24, 2.45) is 5.92 Å². The number of hydrogen-bond acceptors (Lipinski definition) is 4. The van der Waals surface area contributed by atoms with Crippen LogP contribution >= 0.6 is 0 Å². The highest BCUT2D eigenvalue weighted by molar-refractivity contribution is 6.19. The van der Waals surface area contributed by atoms with Gasteiger partial charge in [0, 0.05) is 62.6 Å². The SMILES string of the molecule is C1=CC2C3=C(C=CC2c2cc(-c4ccc5c6c(cccc46)-c4ccccc4-5)cc4c(-c5ccc(-c6cnc7ccccc7c6)cc5)nc(-c5ccc(-c6cnc7ccccc7c6)cc5)nc24)c2ccccc2C3=C1. The van der Waals surface area contributed by atoms with Crippen LogP contribution in [0.2, 0.25) is 0 Å². The molecule has 16 rings (SSSR count). The molecule has 0 fully saturated rings. The largest absolute Gasteiger partial charge is 0.256 e. The van der Waals surface area contributed by atoms with Crippen molar-refractivity contribution in [2.45, 2.75) is 5.92 Å². The summed E-state index contributed by atoms with van der Waals surface area (Å²) < 4.78 is 0. The number of pyridine rings is 2. The molecule has 2 atom stereocenters. The molecule has 0 saturated heterocycles. The highest BCUT2D eigenvalue weighted by Crippen LogP contribution is 2.55. The Labute approximate surface area is 427 Å². The van der Waals surface area contributed by atoms with Crippen LogP contribution in [0.4, 0.5) is 0 Å². The standard InChI is InChI=1S/C70H42N4/c1-7-21-64-45(11-1)35-48(39-71-64)41-23-27-43(28-24-41)68-63-38-47(50-31-33-60-53-15-5-3-13-51(53)57-18-9-17-56(50)66(57)60)37-62(55-32-34-61-54-16-6-4-14-52(54)58-19-10-20-59(55)67(58)61)69(63)74-70(73-68)44-29-25-42(26-30-44)49-36-46-12-2-8-22-65(46)72-40-49/h1-40,55,59H. The second-order valence-electron chi connectivity index (χ2n) is 20.0. The van der Waals surface area contributed by atoms with Crippen molar-refractivity contribution in [3.63, 3.8) is 0 Å². The zero-order valence-corrected chi connectivity index (χ0v) is 40.0. The van der Waals surface area contributed by atoms with Crippen LogP contribution in [-0.4, -0.2) is 19.9 Å². The topological polar surface area (TPSA) is 51.6 Å². The van der Waals surface area contributed by atoms with E-state index in [2.05, 4.69) is 218 Å². The maximum atomic E-state index is 5.72. The van der Waals surface area contributed by atoms with Gasteiger partial charge in [0.25, 0.3) is 0 Å². The lowest BCUT2D eigenvalue weighted by Crippen LogP contribution is -2.17. The van der Waals surface area contributed by atoms with Crippen LogP contribution in [0.25, 0.3) is 133 Å². The van der Waals surface area contributed by atoms with E-state index >= 15 is 0 Å². The summed E-state index contributed by atoms with van der Waals surface area (Å²) in [6, 6.07) is 72.6. The number of nitrogens with zero attached hydrogens (tertiary/aromatic N) is 4. The van der Waals surface area contributed by atoms with Crippen molar-refractivity contribution in [3.05, 3.63) is 265 Å². The molecule has 12 aromatic rings. The first-order valence-electron chi connectivity index (χ1n) is 25.5. The third-order valence-electron chi connectivity index (χ3n) is 16.1. The summed E-state index contributed by atoms with van der Waals surface area (Å²) in [4.78, 5) is 21.0. The zero-order chi connectivity index (χ0) is 48.4. The van der Waals surface area contributed by atoms with E-state index in [9.17, 15) is 0 Å². The van der Waals surface area contributed by atoms with Crippen molar-refractivity contribution in [1.29, 1.82) is 0 Å². The third kappa shape index (κ3) is 6.22. The van der Waals surface area contributed by atoms with Gasteiger partial charge >= 0.3 is 0 Å². The number of aromatic nitrogens is 4. The van der Waals surface area contributed by atoms with E-state index in [1.165, 1.54) is 72.0 Å². The monoisotopic (exact) mass is 938 g/mol. The summed E-state index contributed by atoms with van der Waals surface area (Å²) in [6.45, 7) is 0. The highest BCUT2D eigenvalue weighted by atomic mass is 14.9. The summed E-state index contributed by atoms with van der Waals surface area (Å²) >= 11 is 0. The molecule has 2 unspecified atom stereocenters. The fourth-order valence-corrected chi connectivity index (χ4v) is 12.6. The van der Waals surface area contributed by atoms with Gasteiger partial charge in [-0.05, 0) is 125 Å². The van der Waals surface area contributed by atoms with E-state index in [0.717, 1.165) is 77.3 Å². The average Bonchev–Trinajstić information content (AvgIpc) is 4.02. The number of para-hydroxylation sites is 2. The van der Waals surface area contributed by atoms with Crippen molar-refractivity contribution >= 4 is 54.6 Å². The van der Waals surface area contributed by atoms with Gasteiger partial charge in [-0.1, -0.05) is 194 Å². The van der Waals surface area contributed by atoms with E-state index in [4.69, 9.17) is 19.9 Å². The van der Waals surface area contributed by atoms with Gasteiger partial charge in [0.2, 0.25) is 0 Å². The zero-order valence-electron chi connectivity index (χ0n) is 40.0. The number of fused-ring (bicyclic) bond motifs is 9. The normalized spacial score (nSPS) is 15.8. The molecule has 4 aliphatic rings. The summed E-state index contributed by atoms with van der Waals surface area (Å²) in [5.74, 6) is 0.783. The number of hydrogen-bond donors (Lipinski definition) is 0. The molecule has 3 heterocycles. The van der Waals surface area contributed by atoms with Gasteiger partial charge in [0.05, 0.1) is 22.2 Å².